The first-order valence-corrected chi connectivity index (χ1v) is 2.59. The van der Waals surface area contributed by atoms with Crippen LogP contribution >= 0.6 is 0 Å². The van der Waals surface area contributed by atoms with Crippen molar-refractivity contribution in [2.24, 2.45) is 0 Å². The highest BCUT2D eigenvalue weighted by molar-refractivity contribution is 5.92. The van der Waals surface area contributed by atoms with Gasteiger partial charge in [0.15, 0.2) is 11.7 Å². The number of aromatic nitrogens is 1. The predicted octanol–water partition coefficient (Wildman–Crippen LogP) is 0.923. The van der Waals surface area contributed by atoms with Gasteiger partial charge in [0.2, 0.25) is 0 Å². The Hall–Kier alpha value is -1.25. The zero-order chi connectivity index (χ0) is 6.85. The highest BCUT2D eigenvalue weighted by Crippen LogP contribution is 2.06. The number of ketones is 1. The number of Topliss-reactive ketones (excluding diaryl/α,β-unsaturated/α-hetero) is 1. The van der Waals surface area contributed by atoms with Crippen LogP contribution in [0.3, 0.4) is 0 Å². The minimum Gasteiger partial charge on any atom is -0.495 e. The van der Waals surface area contributed by atoms with Crippen LogP contribution in [0.4, 0.5) is 0 Å². The van der Waals surface area contributed by atoms with E-state index in [4.69, 9.17) is 5.11 Å². The Morgan fingerprint density at radius 3 is 2.56 bits per heavy atom. The number of H-pyrrole nitrogens is 1. The van der Waals surface area contributed by atoms with Crippen LogP contribution in [0.1, 0.15) is 17.4 Å². The van der Waals surface area contributed by atoms with Gasteiger partial charge in [-0.05, 0) is 6.07 Å². The number of aromatic amines is 1. The van der Waals surface area contributed by atoms with E-state index in [2.05, 4.69) is 4.98 Å². The zero-order valence-corrected chi connectivity index (χ0v) is 5.01. The predicted molar refractivity (Wildman–Crippen MR) is 32.5 cm³/mol. The highest BCUT2D eigenvalue weighted by atomic mass is 16.3. The average Bonchev–Trinajstić information content (AvgIpc) is 2.14. The minimum absolute atomic E-state index is 0.0280. The third-order valence-electron chi connectivity index (χ3n) is 1.05. The Balaban J connectivity index is 2.98. The fraction of sp³-hybridized carbons (Fsp3) is 0.167. The first kappa shape index (κ1) is 5.88. The van der Waals surface area contributed by atoms with Gasteiger partial charge in [-0.25, -0.2) is 0 Å². The van der Waals surface area contributed by atoms with Gasteiger partial charge in [0.25, 0.3) is 0 Å². The van der Waals surface area contributed by atoms with Crippen LogP contribution in [0.2, 0.25) is 0 Å². The van der Waals surface area contributed by atoms with E-state index >= 15 is 0 Å². The number of hydrogen-bond donors (Lipinski definition) is 2. The molecule has 0 fully saturated rings. The van der Waals surface area contributed by atoms with Crippen LogP contribution in [-0.4, -0.2) is 15.9 Å². The van der Waals surface area contributed by atoms with E-state index in [0.717, 1.165) is 0 Å². The summed E-state index contributed by atoms with van der Waals surface area (Å²) in [6.45, 7) is 1.44. The van der Waals surface area contributed by atoms with Crippen LogP contribution in [0, 0.1) is 0 Å². The summed E-state index contributed by atoms with van der Waals surface area (Å²) >= 11 is 0. The van der Waals surface area contributed by atoms with Gasteiger partial charge in [0.05, 0.1) is 5.69 Å². The molecule has 0 aliphatic rings. The smallest absolute Gasteiger partial charge is 0.188 e. The summed E-state index contributed by atoms with van der Waals surface area (Å²) in [6.07, 6.45) is 0. The maximum absolute atomic E-state index is 10.5. The lowest BCUT2D eigenvalue weighted by Gasteiger charge is -1.84. The van der Waals surface area contributed by atoms with Crippen molar-refractivity contribution in [3.63, 3.8) is 0 Å². The summed E-state index contributed by atoms with van der Waals surface area (Å²) < 4.78 is 0. The van der Waals surface area contributed by atoms with E-state index in [1.165, 1.54) is 19.1 Å². The molecule has 0 aliphatic carbocycles. The molecule has 0 unspecified atom stereocenters. The molecule has 48 valence electrons. The number of nitrogens with one attached hydrogen (secondary N) is 1. The molecule has 0 spiro atoms. The van der Waals surface area contributed by atoms with Gasteiger partial charge in [-0.15, -0.1) is 0 Å². The Kier molecular flexibility index (Phi) is 1.26. The largest absolute Gasteiger partial charge is 0.495 e. The lowest BCUT2D eigenvalue weighted by molar-refractivity contribution is 0.101. The molecule has 1 aromatic rings. The van der Waals surface area contributed by atoms with Crippen molar-refractivity contribution in [3.05, 3.63) is 17.8 Å². The SMILES string of the molecule is CC(=O)c1ccc(O)[nH]1. The Bertz CT molecular complexity index is 227. The lowest BCUT2D eigenvalue weighted by Crippen LogP contribution is -1.89. The standard InChI is InChI=1S/C6H7NO2/c1-4(8)5-2-3-6(9)7-5/h2-3,7,9H,1H3. The van der Waals surface area contributed by atoms with Crippen LogP contribution in [-0.2, 0) is 0 Å². The van der Waals surface area contributed by atoms with Crippen molar-refractivity contribution in [1.82, 2.24) is 4.98 Å². The molecule has 9 heavy (non-hydrogen) atoms. The van der Waals surface area contributed by atoms with E-state index in [1.54, 1.807) is 0 Å². The third-order valence-corrected chi connectivity index (χ3v) is 1.05. The molecular formula is C6H7NO2. The normalized spacial score (nSPS) is 9.44. The van der Waals surface area contributed by atoms with Crippen LogP contribution in [0.5, 0.6) is 5.88 Å². The molecule has 0 saturated heterocycles. The van der Waals surface area contributed by atoms with Gasteiger partial charge < -0.3 is 10.1 Å². The summed E-state index contributed by atoms with van der Waals surface area (Å²) in [5.41, 5.74) is 0.438. The Morgan fingerprint density at radius 1 is 1.67 bits per heavy atom. The summed E-state index contributed by atoms with van der Waals surface area (Å²) in [5.74, 6) is -0.0458. The molecule has 0 saturated carbocycles. The fourth-order valence-corrected chi connectivity index (χ4v) is 0.589. The maximum atomic E-state index is 10.5. The number of rotatable bonds is 1. The topological polar surface area (TPSA) is 53.1 Å². The molecule has 0 aliphatic heterocycles. The molecule has 3 heteroatoms. The Morgan fingerprint density at radius 2 is 2.33 bits per heavy atom. The van der Waals surface area contributed by atoms with Gasteiger partial charge in [0, 0.05) is 13.0 Å². The van der Waals surface area contributed by atoms with Gasteiger partial charge in [-0.1, -0.05) is 0 Å². The van der Waals surface area contributed by atoms with Crippen molar-refractivity contribution in [3.8, 4) is 5.88 Å². The number of hydrogen-bond acceptors (Lipinski definition) is 2. The van der Waals surface area contributed by atoms with Crippen LogP contribution in [0.25, 0.3) is 0 Å². The molecule has 2 N–H and O–H groups in total. The van der Waals surface area contributed by atoms with Crippen molar-refractivity contribution in [2.45, 2.75) is 6.92 Å². The summed E-state index contributed by atoms with van der Waals surface area (Å²) in [4.78, 5) is 13.0. The fourth-order valence-electron chi connectivity index (χ4n) is 0.589. The molecule has 1 aromatic heterocycles. The van der Waals surface area contributed by atoms with Crippen molar-refractivity contribution >= 4 is 5.78 Å². The van der Waals surface area contributed by atoms with Crippen LogP contribution < -0.4 is 0 Å². The van der Waals surface area contributed by atoms with Gasteiger partial charge in [-0.3, -0.25) is 4.79 Å². The van der Waals surface area contributed by atoms with Crippen molar-refractivity contribution in [1.29, 1.82) is 0 Å². The zero-order valence-electron chi connectivity index (χ0n) is 5.01. The van der Waals surface area contributed by atoms with E-state index in [9.17, 15) is 4.79 Å². The molecule has 0 amide bonds. The van der Waals surface area contributed by atoms with Gasteiger partial charge >= 0.3 is 0 Å². The van der Waals surface area contributed by atoms with Gasteiger partial charge in [-0.2, -0.15) is 0 Å². The van der Waals surface area contributed by atoms with Crippen molar-refractivity contribution in [2.75, 3.05) is 0 Å². The number of aromatic hydroxyl groups is 1. The molecule has 1 heterocycles. The number of carbonyl (C=O) groups excluding carboxylic acids is 1. The Labute approximate surface area is 52.3 Å². The summed E-state index contributed by atoms with van der Waals surface area (Å²) in [5, 5.41) is 8.69. The second-order valence-corrected chi connectivity index (χ2v) is 1.81. The molecule has 0 atom stereocenters. The molecule has 1 rings (SSSR count). The quantitative estimate of drug-likeness (QED) is 0.548. The van der Waals surface area contributed by atoms with Crippen molar-refractivity contribution < 1.29 is 9.90 Å². The molecule has 3 nitrogen and oxygen atoms in total. The van der Waals surface area contributed by atoms with Crippen LogP contribution in [0.15, 0.2) is 12.1 Å². The molecular weight excluding hydrogens is 118 g/mol. The number of carbonyl (C=O) groups is 1. The van der Waals surface area contributed by atoms with E-state index in [1.807, 2.05) is 0 Å². The van der Waals surface area contributed by atoms with E-state index < -0.39 is 0 Å². The third kappa shape index (κ3) is 1.10. The summed E-state index contributed by atoms with van der Waals surface area (Å²) in [6, 6.07) is 2.98. The summed E-state index contributed by atoms with van der Waals surface area (Å²) in [7, 11) is 0. The lowest BCUT2D eigenvalue weighted by atomic mass is 10.3. The van der Waals surface area contributed by atoms with E-state index in [-0.39, 0.29) is 11.7 Å². The van der Waals surface area contributed by atoms with E-state index in [0.29, 0.717) is 5.69 Å². The maximum Gasteiger partial charge on any atom is 0.188 e. The highest BCUT2D eigenvalue weighted by Gasteiger charge is 1.99. The second kappa shape index (κ2) is 1.93. The monoisotopic (exact) mass is 125 g/mol. The second-order valence-electron chi connectivity index (χ2n) is 1.81. The first-order chi connectivity index (χ1) is 4.20. The minimum atomic E-state index is -0.0738. The first-order valence-electron chi connectivity index (χ1n) is 2.59. The molecule has 0 aromatic carbocycles. The average molecular weight is 125 g/mol. The van der Waals surface area contributed by atoms with Gasteiger partial charge in [0.1, 0.15) is 0 Å². The molecule has 0 bridgehead atoms. The molecule has 0 radical (unpaired) electrons.